The van der Waals surface area contributed by atoms with E-state index in [4.69, 9.17) is 14.3 Å². The number of hydrogen-bond donors (Lipinski definition) is 1. The van der Waals surface area contributed by atoms with E-state index in [9.17, 15) is 4.79 Å². The van der Waals surface area contributed by atoms with Gasteiger partial charge in [-0.3, -0.25) is 4.79 Å². The predicted molar refractivity (Wildman–Crippen MR) is 145 cm³/mol. The lowest BCUT2D eigenvalue weighted by molar-refractivity contribution is 0.102. The molecule has 0 saturated carbocycles. The van der Waals surface area contributed by atoms with E-state index in [0.29, 0.717) is 48.7 Å². The van der Waals surface area contributed by atoms with Crippen molar-refractivity contribution in [3.05, 3.63) is 48.5 Å². The highest BCUT2D eigenvalue weighted by Gasteiger charge is 2.28. The van der Waals surface area contributed by atoms with Gasteiger partial charge in [0.2, 0.25) is 0 Å². The van der Waals surface area contributed by atoms with Gasteiger partial charge in [0.05, 0.1) is 32.0 Å². The molecule has 0 aliphatic heterocycles. The van der Waals surface area contributed by atoms with Gasteiger partial charge in [-0.1, -0.05) is 25.1 Å². The number of nitrogens with zero attached hydrogens (tertiary/aromatic N) is 6. The molecule has 1 N–H and O–H groups in total. The minimum absolute atomic E-state index is 0.181. The number of imidazole rings is 1. The van der Waals surface area contributed by atoms with E-state index < -0.39 is 8.53 Å². The standard InChI is InChI=1S/C26H36N7O3P/c1-6-21(16-36-37(35-14-10-13-27)33(19(2)3)20(4)5)15-32-18-30-23-24(28-17-29-25(23)32)31-26(34)22-11-8-7-9-12-22/h7-9,11-12,17-21H,6,10,14-16H2,1-5H3,(H,28,29,31,34). The van der Waals surface area contributed by atoms with Crippen LogP contribution in [0.4, 0.5) is 5.82 Å². The van der Waals surface area contributed by atoms with Crippen LogP contribution in [0.2, 0.25) is 0 Å². The van der Waals surface area contributed by atoms with Crippen LogP contribution in [0.25, 0.3) is 11.2 Å². The highest BCUT2D eigenvalue weighted by atomic mass is 31.2. The van der Waals surface area contributed by atoms with Gasteiger partial charge in [0.15, 0.2) is 17.0 Å². The highest BCUT2D eigenvalue weighted by Crippen LogP contribution is 2.46. The first-order valence-electron chi connectivity index (χ1n) is 12.6. The first-order chi connectivity index (χ1) is 17.8. The first-order valence-corrected chi connectivity index (χ1v) is 13.7. The van der Waals surface area contributed by atoms with Crippen molar-refractivity contribution in [3.63, 3.8) is 0 Å². The lowest BCUT2D eigenvalue weighted by Gasteiger charge is -2.36. The van der Waals surface area contributed by atoms with Gasteiger partial charge in [-0.15, -0.1) is 0 Å². The largest absolute Gasteiger partial charge is 0.322 e. The maximum absolute atomic E-state index is 12.6. The normalized spacial score (nSPS) is 13.3. The number of hydrogen-bond acceptors (Lipinski definition) is 8. The Morgan fingerprint density at radius 3 is 2.51 bits per heavy atom. The number of benzene rings is 1. The number of anilines is 1. The predicted octanol–water partition coefficient (Wildman–Crippen LogP) is 5.40. The zero-order valence-electron chi connectivity index (χ0n) is 22.2. The SMILES string of the molecule is CCC(COP(OCCC#N)N(C(C)C)C(C)C)Cn1cnc2c(NC(=O)c3ccccc3)ncnc21. The van der Waals surface area contributed by atoms with Gasteiger partial charge in [0, 0.05) is 30.1 Å². The Morgan fingerprint density at radius 1 is 1.14 bits per heavy atom. The Bertz CT molecular complexity index is 1170. The van der Waals surface area contributed by atoms with Crippen LogP contribution in [0, 0.1) is 17.2 Å². The molecule has 0 fully saturated rings. The Labute approximate surface area is 220 Å². The van der Waals surface area contributed by atoms with Gasteiger partial charge >= 0.3 is 0 Å². The molecule has 198 valence electrons. The van der Waals surface area contributed by atoms with Crippen LogP contribution in [-0.2, 0) is 15.6 Å². The van der Waals surface area contributed by atoms with Gasteiger partial charge < -0.3 is 18.9 Å². The average molecular weight is 526 g/mol. The van der Waals surface area contributed by atoms with Crippen molar-refractivity contribution >= 4 is 31.4 Å². The molecule has 2 heterocycles. The van der Waals surface area contributed by atoms with E-state index in [1.54, 1.807) is 18.5 Å². The summed E-state index contributed by atoms with van der Waals surface area (Å²) in [4.78, 5) is 25.8. The summed E-state index contributed by atoms with van der Waals surface area (Å²) in [5, 5.41) is 11.8. The van der Waals surface area contributed by atoms with Crippen molar-refractivity contribution in [2.75, 3.05) is 18.5 Å². The molecule has 2 aromatic heterocycles. The molecule has 11 heteroatoms. The minimum Gasteiger partial charge on any atom is -0.322 e. The molecule has 0 radical (unpaired) electrons. The fourth-order valence-electron chi connectivity index (χ4n) is 3.94. The summed E-state index contributed by atoms with van der Waals surface area (Å²) in [5.74, 6) is 0.306. The van der Waals surface area contributed by atoms with Crippen LogP contribution >= 0.6 is 8.53 Å². The summed E-state index contributed by atoms with van der Waals surface area (Å²) in [6.45, 7) is 12.1. The third-order valence-corrected chi connectivity index (χ3v) is 7.86. The smallest absolute Gasteiger partial charge is 0.259 e. The molecule has 0 bridgehead atoms. The molecule has 3 aromatic rings. The number of nitriles is 1. The molecule has 0 aliphatic carbocycles. The van der Waals surface area contributed by atoms with E-state index in [2.05, 4.69) is 65.6 Å². The van der Waals surface area contributed by atoms with Crippen LogP contribution in [0.3, 0.4) is 0 Å². The number of aromatic nitrogens is 4. The molecule has 3 rings (SSSR count). The van der Waals surface area contributed by atoms with Gasteiger partial charge in [0.25, 0.3) is 14.4 Å². The van der Waals surface area contributed by atoms with Gasteiger partial charge in [-0.2, -0.15) is 5.26 Å². The molecular weight excluding hydrogens is 489 g/mol. The van der Waals surface area contributed by atoms with Crippen LogP contribution in [-0.4, -0.2) is 55.4 Å². The number of fused-ring (bicyclic) bond motifs is 1. The molecule has 1 amide bonds. The van der Waals surface area contributed by atoms with Crippen molar-refractivity contribution in [1.29, 1.82) is 5.26 Å². The number of carbonyl (C=O) groups excluding carboxylic acids is 1. The monoisotopic (exact) mass is 525 g/mol. The Hall–Kier alpha value is -2.96. The summed E-state index contributed by atoms with van der Waals surface area (Å²) in [6.07, 6.45) is 4.37. The molecule has 0 aliphatic rings. The van der Waals surface area contributed by atoms with Gasteiger partial charge in [-0.05, 0) is 46.2 Å². The quantitative estimate of drug-likeness (QED) is 0.220. The molecular formula is C26H36N7O3P. The molecule has 0 spiro atoms. The van der Waals surface area contributed by atoms with Crippen molar-refractivity contribution in [1.82, 2.24) is 24.2 Å². The molecule has 37 heavy (non-hydrogen) atoms. The van der Waals surface area contributed by atoms with Crippen LogP contribution in [0.1, 0.15) is 57.8 Å². The maximum Gasteiger partial charge on any atom is 0.259 e. The molecule has 0 saturated heterocycles. The van der Waals surface area contributed by atoms with Crippen molar-refractivity contribution in [3.8, 4) is 6.07 Å². The minimum atomic E-state index is -1.30. The summed E-state index contributed by atoms with van der Waals surface area (Å²) >= 11 is 0. The Balaban J connectivity index is 1.72. The van der Waals surface area contributed by atoms with Crippen molar-refractivity contribution in [2.24, 2.45) is 5.92 Å². The van der Waals surface area contributed by atoms with E-state index in [1.165, 1.54) is 6.33 Å². The summed E-state index contributed by atoms with van der Waals surface area (Å²) in [5.41, 5.74) is 1.73. The highest BCUT2D eigenvalue weighted by molar-refractivity contribution is 7.44. The van der Waals surface area contributed by atoms with E-state index >= 15 is 0 Å². The van der Waals surface area contributed by atoms with Crippen molar-refractivity contribution in [2.45, 2.75) is 66.1 Å². The Kier molecular flexibility index (Phi) is 10.9. The van der Waals surface area contributed by atoms with Gasteiger partial charge in [0.1, 0.15) is 6.33 Å². The van der Waals surface area contributed by atoms with Crippen LogP contribution in [0.15, 0.2) is 43.0 Å². The number of carbonyl (C=O) groups is 1. The third-order valence-electron chi connectivity index (χ3n) is 5.78. The number of nitrogens with one attached hydrogen (secondary N) is 1. The van der Waals surface area contributed by atoms with Gasteiger partial charge in [-0.25, -0.2) is 19.6 Å². The molecule has 2 atom stereocenters. The second kappa shape index (κ2) is 14.1. The van der Waals surface area contributed by atoms with E-state index in [1.807, 2.05) is 22.8 Å². The average Bonchev–Trinajstić information content (AvgIpc) is 3.30. The Morgan fingerprint density at radius 2 is 1.86 bits per heavy atom. The number of amides is 1. The zero-order valence-corrected chi connectivity index (χ0v) is 23.1. The third kappa shape index (κ3) is 7.76. The topological polar surface area (TPSA) is 118 Å². The van der Waals surface area contributed by atoms with E-state index in [0.717, 1.165) is 6.42 Å². The lowest BCUT2D eigenvalue weighted by atomic mass is 10.1. The summed E-state index contributed by atoms with van der Waals surface area (Å²) in [7, 11) is -1.30. The van der Waals surface area contributed by atoms with Crippen LogP contribution in [0.5, 0.6) is 0 Å². The summed E-state index contributed by atoms with van der Waals surface area (Å²) < 4.78 is 16.6. The fourth-order valence-corrected chi connectivity index (χ4v) is 5.62. The number of rotatable bonds is 14. The van der Waals surface area contributed by atoms with Crippen LogP contribution < -0.4 is 5.32 Å². The second-order valence-electron chi connectivity index (χ2n) is 9.23. The molecule has 10 nitrogen and oxygen atoms in total. The van der Waals surface area contributed by atoms with E-state index in [-0.39, 0.29) is 23.9 Å². The maximum atomic E-state index is 12.6. The second-order valence-corrected chi connectivity index (χ2v) is 10.7. The molecule has 2 unspecified atom stereocenters. The molecule has 1 aromatic carbocycles. The lowest BCUT2D eigenvalue weighted by Crippen LogP contribution is -2.34. The zero-order chi connectivity index (χ0) is 26.8. The fraction of sp³-hybridized carbons (Fsp3) is 0.500. The summed E-state index contributed by atoms with van der Waals surface area (Å²) in [6, 6.07) is 11.6. The first kappa shape index (κ1) is 28.6. The van der Waals surface area contributed by atoms with Crippen molar-refractivity contribution < 1.29 is 13.8 Å².